The van der Waals surface area contributed by atoms with Crippen molar-refractivity contribution in [2.24, 2.45) is 5.92 Å². The summed E-state index contributed by atoms with van der Waals surface area (Å²) in [7, 11) is 0. The Bertz CT molecular complexity index is 307. The number of hydrogen-bond donors (Lipinski definition) is 1. The van der Waals surface area contributed by atoms with E-state index in [1.165, 1.54) is 0 Å². The SMILES string of the molecule is Cc1ncc(NC(C)C(C)C)nc1C. The zero-order valence-electron chi connectivity index (χ0n) is 9.63. The van der Waals surface area contributed by atoms with Gasteiger partial charge in [-0.15, -0.1) is 0 Å². The molecule has 1 aromatic heterocycles. The number of anilines is 1. The van der Waals surface area contributed by atoms with Crippen LogP contribution >= 0.6 is 0 Å². The summed E-state index contributed by atoms with van der Waals surface area (Å²) < 4.78 is 0. The highest BCUT2D eigenvalue weighted by Gasteiger charge is 2.07. The summed E-state index contributed by atoms with van der Waals surface area (Å²) in [6.07, 6.45) is 1.79. The van der Waals surface area contributed by atoms with Crippen molar-refractivity contribution in [3.63, 3.8) is 0 Å². The first kappa shape index (κ1) is 11.0. The van der Waals surface area contributed by atoms with Crippen molar-refractivity contribution in [1.82, 2.24) is 9.97 Å². The van der Waals surface area contributed by atoms with Crippen molar-refractivity contribution in [3.8, 4) is 0 Å². The monoisotopic (exact) mass is 193 g/mol. The van der Waals surface area contributed by atoms with Crippen LogP contribution in [0.5, 0.6) is 0 Å². The van der Waals surface area contributed by atoms with Gasteiger partial charge in [0.1, 0.15) is 5.82 Å². The van der Waals surface area contributed by atoms with E-state index in [9.17, 15) is 0 Å². The summed E-state index contributed by atoms with van der Waals surface area (Å²) in [5, 5.41) is 3.34. The van der Waals surface area contributed by atoms with Crippen molar-refractivity contribution < 1.29 is 0 Å². The van der Waals surface area contributed by atoms with Gasteiger partial charge in [-0.3, -0.25) is 4.98 Å². The maximum atomic E-state index is 4.42. The summed E-state index contributed by atoms with van der Waals surface area (Å²) in [6, 6.07) is 0.423. The summed E-state index contributed by atoms with van der Waals surface area (Å²) in [5.74, 6) is 1.47. The topological polar surface area (TPSA) is 37.8 Å². The van der Waals surface area contributed by atoms with E-state index in [-0.39, 0.29) is 0 Å². The van der Waals surface area contributed by atoms with Gasteiger partial charge in [0.05, 0.1) is 17.6 Å². The molecule has 0 aromatic carbocycles. The smallest absolute Gasteiger partial charge is 0.145 e. The predicted molar refractivity (Wildman–Crippen MR) is 59.4 cm³/mol. The summed E-state index contributed by atoms with van der Waals surface area (Å²) in [5.41, 5.74) is 1.98. The third-order valence-electron chi connectivity index (χ3n) is 2.57. The Labute approximate surface area is 86.0 Å². The lowest BCUT2D eigenvalue weighted by molar-refractivity contribution is 0.558. The molecule has 1 N–H and O–H groups in total. The van der Waals surface area contributed by atoms with Crippen molar-refractivity contribution in [3.05, 3.63) is 17.6 Å². The average molecular weight is 193 g/mol. The quantitative estimate of drug-likeness (QED) is 0.801. The molecule has 0 saturated carbocycles. The maximum Gasteiger partial charge on any atom is 0.145 e. The molecule has 1 heterocycles. The molecule has 0 amide bonds. The van der Waals surface area contributed by atoms with Gasteiger partial charge in [0, 0.05) is 6.04 Å². The molecule has 3 heteroatoms. The summed E-state index contributed by atoms with van der Waals surface area (Å²) in [4.78, 5) is 8.69. The maximum absolute atomic E-state index is 4.42. The van der Waals surface area contributed by atoms with Crippen LogP contribution in [0.4, 0.5) is 5.82 Å². The zero-order valence-corrected chi connectivity index (χ0v) is 9.63. The number of aromatic nitrogens is 2. The lowest BCUT2D eigenvalue weighted by Crippen LogP contribution is -2.22. The Balaban J connectivity index is 2.73. The van der Waals surface area contributed by atoms with Gasteiger partial charge < -0.3 is 5.32 Å². The van der Waals surface area contributed by atoms with Gasteiger partial charge in [0.25, 0.3) is 0 Å². The minimum Gasteiger partial charge on any atom is -0.366 e. The average Bonchev–Trinajstić information content (AvgIpc) is 2.11. The van der Waals surface area contributed by atoms with Crippen LogP contribution in [0.2, 0.25) is 0 Å². The first-order valence-electron chi connectivity index (χ1n) is 5.07. The van der Waals surface area contributed by atoms with Crippen molar-refractivity contribution in [2.45, 2.75) is 40.7 Å². The minimum absolute atomic E-state index is 0.423. The molecule has 3 nitrogen and oxygen atoms in total. The van der Waals surface area contributed by atoms with E-state index in [0.717, 1.165) is 17.2 Å². The second-order valence-electron chi connectivity index (χ2n) is 4.10. The molecule has 0 aliphatic heterocycles. The zero-order chi connectivity index (χ0) is 10.7. The molecule has 0 radical (unpaired) electrons. The predicted octanol–water partition coefficient (Wildman–Crippen LogP) is 2.55. The standard InChI is InChI=1S/C11H19N3/c1-7(2)8(3)13-11-6-12-9(4)10(5)14-11/h6-8H,1-5H3,(H,13,14). The van der Waals surface area contributed by atoms with Crippen LogP contribution in [0.3, 0.4) is 0 Å². The molecule has 0 aliphatic rings. The van der Waals surface area contributed by atoms with Gasteiger partial charge >= 0.3 is 0 Å². The van der Waals surface area contributed by atoms with Crippen LogP contribution in [0, 0.1) is 19.8 Å². The van der Waals surface area contributed by atoms with E-state index in [1.54, 1.807) is 6.20 Å². The molecule has 0 fully saturated rings. The molecular weight excluding hydrogens is 174 g/mol. The largest absolute Gasteiger partial charge is 0.366 e. The molecule has 78 valence electrons. The fourth-order valence-electron chi connectivity index (χ4n) is 1.01. The van der Waals surface area contributed by atoms with Gasteiger partial charge in [-0.2, -0.15) is 0 Å². The van der Waals surface area contributed by atoms with E-state index in [1.807, 2.05) is 13.8 Å². The lowest BCUT2D eigenvalue weighted by Gasteiger charge is -2.18. The van der Waals surface area contributed by atoms with E-state index in [4.69, 9.17) is 0 Å². The van der Waals surface area contributed by atoms with Crippen LogP contribution in [0.15, 0.2) is 6.20 Å². The highest BCUT2D eigenvalue weighted by atomic mass is 15.0. The Kier molecular flexibility index (Phi) is 3.44. The van der Waals surface area contributed by atoms with Crippen molar-refractivity contribution in [1.29, 1.82) is 0 Å². The molecule has 1 aromatic rings. The Morgan fingerprint density at radius 2 is 1.79 bits per heavy atom. The van der Waals surface area contributed by atoms with Gasteiger partial charge in [-0.1, -0.05) is 13.8 Å². The molecule has 1 unspecified atom stereocenters. The Hall–Kier alpha value is -1.12. The molecule has 1 atom stereocenters. The second-order valence-corrected chi connectivity index (χ2v) is 4.10. The fourth-order valence-corrected chi connectivity index (χ4v) is 1.01. The van der Waals surface area contributed by atoms with Crippen LogP contribution in [-0.2, 0) is 0 Å². The van der Waals surface area contributed by atoms with Crippen LogP contribution < -0.4 is 5.32 Å². The highest BCUT2D eigenvalue weighted by Crippen LogP contribution is 2.10. The molecule has 0 spiro atoms. The number of nitrogens with one attached hydrogen (secondary N) is 1. The first-order valence-corrected chi connectivity index (χ1v) is 5.07. The van der Waals surface area contributed by atoms with Gasteiger partial charge in [0.15, 0.2) is 0 Å². The van der Waals surface area contributed by atoms with Gasteiger partial charge in [-0.05, 0) is 26.7 Å². The first-order chi connectivity index (χ1) is 6.50. The number of nitrogens with zero attached hydrogens (tertiary/aromatic N) is 2. The lowest BCUT2D eigenvalue weighted by atomic mass is 10.1. The minimum atomic E-state index is 0.423. The van der Waals surface area contributed by atoms with Crippen molar-refractivity contribution >= 4 is 5.82 Å². The van der Waals surface area contributed by atoms with E-state index < -0.39 is 0 Å². The Morgan fingerprint density at radius 1 is 1.14 bits per heavy atom. The molecule has 14 heavy (non-hydrogen) atoms. The van der Waals surface area contributed by atoms with Crippen LogP contribution in [0.25, 0.3) is 0 Å². The number of rotatable bonds is 3. The van der Waals surface area contributed by atoms with Crippen LogP contribution in [-0.4, -0.2) is 16.0 Å². The van der Waals surface area contributed by atoms with E-state index in [0.29, 0.717) is 12.0 Å². The van der Waals surface area contributed by atoms with E-state index in [2.05, 4.69) is 36.1 Å². The number of hydrogen-bond acceptors (Lipinski definition) is 3. The third-order valence-corrected chi connectivity index (χ3v) is 2.57. The normalized spacial score (nSPS) is 13.0. The molecular formula is C11H19N3. The molecule has 1 rings (SSSR count). The fraction of sp³-hybridized carbons (Fsp3) is 0.636. The Morgan fingerprint density at radius 3 is 2.29 bits per heavy atom. The van der Waals surface area contributed by atoms with Crippen LogP contribution in [0.1, 0.15) is 32.2 Å². The molecule has 0 bridgehead atoms. The summed E-state index contributed by atoms with van der Waals surface area (Å²) >= 11 is 0. The van der Waals surface area contributed by atoms with E-state index >= 15 is 0 Å². The molecule has 0 aliphatic carbocycles. The highest BCUT2D eigenvalue weighted by molar-refractivity contribution is 5.34. The molecule has 0 saturated heterocycles. The van der Waals surface area contributed by atoms with Gasteiger partial charge in [0.2, 0.25) is 0 Å². The van der Waals surface area contributed by atoms with Gasteiger partial charge in [-0.25, -0.2) is 4.98 Å². The second kappa shape index (κ2) is 4.40. The number of aryl methyl sites for hydroxylation is 2. The third kappa shape index (κ3) is 2.69. The van der Waals surface area contributed by atoms with Crippen molar-refractivity contribution in [2.75, 3.05) is 5.32 Å². The summed E-state index contributed by atoms with van der Waals surface area (Å²) in [6.45, 7) is 10.5.